The molecule has 2 rings (SSSR count). The lowest BCUT2D eigenvalue weighted by Crippen LogP contribution is -2.09. The van der Waals surface area contributed by atoms with Gasteiger partial charge in [-0.3, -0.25) is 0 Å². The number of allylic oxidation sites excluding steroid dienone is 3. The van der Waals surface area contributed by atoms with E-state index in [1.54, 1.807) is 0 Å². The van der Waals surface area contributed by atoms with E-state index in [0.717, 1.165) is 12.8 Å². The fourth-order valence-electron chi connectivity index (χ4n) is 2.57. The van der Waals surface area contributed by atoms with Crippen LogP contribution in [0.3, 0.4) is 0 Å². The first-order valence-electron chi connectivity index (χ1n) is 7.80. The molecule has 0 saturated carbocycles. The summed E-state index contributed by atoms with van der Waals surface area (Å²) < 4.78 is 0. The largest absolute Gasteiger partial charge is 0.103 e. The van der Waals surface area contributed by atoms with E-state index in [2.05, 4.69) is 44.0 Å². The molecule has 1 aliphatic rings. The molecule has 110 valence electrons. The fourth-order valence-corrected chi connectivity index (χ4v) is 2.57. The van der Waals surface area contributed by atoms with Gasteiger partial charge in [-0.2, -0.15) is 0 Å². The predicted molar refractivity (Wildman–Crippen MR) is 93.9 cm³/mol. The summed E-state index contributed by atoms with van der Waals surface area (Å²) in [7, 11) is 0. The van der Waals surface area contributed by atoms with Crippen molar-refractivity contribution in [3.63, 3.8) is 0 Å². The third kappa shape index (κ3) is 4.23. The van der Waals surface area contributed by atoms with Crippen molar-refractivity contribution in [2.75, 3.05) is 0 Å². The van der Waals surface area contributed by atoms with E-state index in [-0.39, 0.29) is 0 Å². The Labute approximate surface area is 125 Å². The molecule has 0 heteroatoms. The minimum absolute atomic E-state index is 0.334. The first kappa shape index (κ1) is 18.4. The maximum absolute atomic E-state index is 4.25. The number of aryl methyl sites for hydroxylation is 1. The SMILES string of the molecule is C=CC1CCc2ccccc2C(=C)C1C=C.CC.CC. The molecule has 1 aromatic rings. The van der Waals surface area contributed by atoms with E-state index < -0.39 is 0 Å². The van der Waals surface area contributed by atoms with Crippen LogP contribution in [0.2, 0.25) is 0 Å². The Balaban J connectivity index is 0.000000829. The van der Waals surface area contributed by atoms with Crippen LogP contribution in [0.4, 0.5) is 0 Å². The van der Waals surface area contributed by atoms with E-state index in [0.29, 0.717) is 11.8 Å². The van der Waals surface area contributed by atoms with Crippen molar-refractivity contribution in [3.05, 3.63) is 67.3 Å². The molecule has 0 aliphatic heterocycles. The summed E-state index contributed by atoms with van der Waals surface area (Å²) in [6.45, 7) is 20.1. The Morgan fingerprint density at radius 1 is 1.00 bits per heavy atom. The molecule has 0 spiro atoms. The van der Waals surface area contributed by atoms with Crippen LogP contribution in [0.5, 0.6) is 0 Å². The second-order valence-electron chi connectivity index (χ2n) is 4.38. The molecule has 0 aromatic heterocycles. The average molecular weight is 270 g/mol. The smallest absolute Gasteiger partial charge is 0.00783 e. The van der Waals surface area contributed by atoms with Crippen LogP contribution in [0.15, 0.2) is 56.2 Å². The molecule has 0 radical (unpaired) electrons. The highest BCUT2D eigenvalue weighted by molar-refractivity contribution is 5.70. The number of hydrogen-bond acceptors (Lipinski definition) is 0. The molecule has 0 nitrogen and oxygen atoms in total. The van der Waals surface area contributed by atoms with Crippen molar-refractivity contribution in [2.45, 2.75) is 40.5 Å². The van der Waals surface area contributed by atoms with Crippen LogP contribution in [0.1, 0.15) is 45.2 Å². The van der Waals surface area contributed by atoms with Crippen LogP contribution in [0, 0.1) is 11.8 Å². The van der Waals surface area contributed by atoms with E-state index in [4.69, 9.17) is 0 Å². The zero-order valence-corrected chi connectivity index (χ0v) is 13.7. The van der Waals surface area contributed by atoms with Crippen molar-refractivity contribution in [1.29, 1.82) is 0 Å². The van der Waals surface area contributed by atoms with Gasteiger partial charge in [0.1, 0.15) is 0 Å². The Bertz CT molecular complexity index is 425. The summed E-state index contributed by atoms with van der Waals surface area (Å²) in [6, 6.07) is 8.55. The van der Waals surface area contributed by atoms with Gasteiger partial charge in [-0.1, -0.05) is 70.7 Å². The molecular weight excluding hydrogens is 240 g/mol. The van der Waals surface area contributed by atoms with Crippen LogP contribution in [-0.4, -0.2) is 0 Å². The number of hydrogen-bond donors (Lipinski definition) is 0. The van der Waals surface area contributed by atoms with Crippen LogP contribution in [0.25, 0.3) is 5.57 Å². The monoisotopic (exact) mass is 270 g/mol. The summed E-state index contributed by atoms with van der Waals surface area (Å²) in [5.41, 5.74) is 3.90. The Morgan fingerprint density at radius 3 is 2.15 bits per heavy atom. The van der Waals surface area contributed by atoms with Crippen molar-refractivity contribution in [2.24, 2.45) is 11.8 Å². The normalized spacial score (nSPS) is 20.1. The van der Waals surface area contributed by atoms with Crippen LogP contribution < -0.4 is 0 Å². The molecule has 0 saturated heterocycles. The lowest BCUT2D eigenvalue weighted by Gasteiger charge is -2.20. The van der Waals surface area contributed by atoms with Gasteiger partial charge >= 0.3 is 0 Å². The van der Waals surface area contributed by atoms with Gasteiger partial charge in [0.2, 0.25) is 0 Å². The molecule has 20 heavy (non-hydrogen) atoms. The number of rotatable bonds is 2. The molecule has 0 amide bonds. The maximum Gasteiger partial charge on any atom is 0.00783 e. The molecule has 1 aliphatic carbocycles. The summed E-state index contributed by atoms with van der Waals surface area (Å²) >= 11 is 0. The third-order valence-electron chi connectivity index (χ3n) is 3.53. The highest BCUT2D eigenvalue weighted by Crippen LogP contribution is 2.37. The van der Waals surface area contributed by atoms with Gasteiger partial charge in [0.15, 0.2) is 0 Å². The Kier molecular flexibility index (Phi) is 9.45. The lowest BCUT2D eigenvalue weighted by molar-refractivity contribution is 0.536. The standard InChI is InChI=1S/C16H18.2C2H6/c1-4-13-10-11-14-8-6-7-9-16(14)12(3)15(13)5-2;2*1-2/h4-9,13,15H,1-3,10-11H2;2*1-2H3. The number of fused-ring (bicyclic) bond motifs is 1. The van der Waals surface area contributed by atoms with Crippen molar-refractivity contribution in [1.82, 2.24) is 0 Å². The Morgan fingerprint density at radius 2 is 1.60 bits per heavy atom. The Hall–Kier alpha value is -1.56. The molecule has 0 fully saturated rings. The predicted octanol–water partition coefficient (Wildman–Crippen LogP) is 6.30. The van der Waals surface area contributed by atoms with E-state index in [1.807, 2.05) is 39.8 Å². The van der Waals surface area contributed by atoms with E-state index in [9.17, 15) is 0 Å². The highest BCUT2D eigenvalue weighted by atomic mass is 14.3. The average Bonchev–Trinajstić information content (AvgIpc) is 2.68. The topological polar surface area (TPSA) is 0 Å². The van der Waals surface area contributed by atoms with Gasteiger partial charge in [0, 0.05) is 5.92 Å². The van der Waals surface area contributed by atoms with E-state index >= 15 is 0 Å². The lowest BCUT2D eigenvalue weighted by atomic mass is 9.84. The van der Waals surface area contributed by atoms with Crippen molar-refractivity contribution in [3.8, 4) is 0 Å². The zero-order valence-electron chi connectivity index (χ0n) is 13.7. The number of benzene rings is 1. The van der Waals surface area contributed by atoms with Crippen LogP contribution in [-0.2, 0) is 6.42 Å². The maximum atomic E-state index is 4.25. The van der Waals surface area contributed by atoms with Crippen molar-refractivity contribution >= 4 is 5.57 Å². The molecule has 1 aromatic carbocycles. The molecule has 0 heterocycles. The molecule has 2 atom stereocenters. The molecular formula is C20H30. The quantitative estimate of drug-likeness (QED) is 0.437. The van der Waals surface area contributed by atoms with Gasteiger partial charge < -0.3 is 0 Å². The van der Waals surface area contributed by atoms with Gasteiger partial charge in [0.05, 0.1) is 0 Å². The summed E-state index contributed by atoms with van der Waals surface area (Å²) in [6.07, 6.45) is 6.30. The highest BCUT2D eigenvalue weighted by Gasteiger charge is 2.24. The van der Waals surface area contributed by atoms with Gasteiger partial charge in [-0.25, -0.2) is 0 Å². The van der Waals surface area contributed by atoms with Gasteiger partial charge in [-0.15, -0.1) is 13.2 Å². The van der Waals surface area contributed by atoms with Crippen molar-refractivity contribution < 1.29 is 0 Å². The molecule has 2 unspecified atom stereocenters. The minimum atomic E-state index is 0.334. The van der Waals surface area contributed by atoms with Gasteiger partial charge in [0.25, 0.3) is 0 Å². The summed E-state index contributed by atoms with van der Waals surface area (Å²) in [5, 5.41) is 0. The minimum Gasteiger partial charge on any atom is -0.103 e. The first-order valence-corrected chi connectivity index (χ1v) is 7.80. The van der Waals surface area contributed by atoms with Gasteiger partial charge in [-0.05, 0) is 35.5 Å². The third-order valence-corrected chi connectivity index (χ3v) is 3.53. The molecule has 0 N–H and O–H groups in total. The molecule has 0 bridgehead atoms. The first-order chi connectivity index (χ1) is 9.77. The zero-order chi connectivity index (χ0) is 15.5. The fraction of sp³-hybridized carbons (Fsp3) is 0.400. The summed E-state index contributed by atoms with van der Waals surface area (Å²) in [5.74, 6) is 0.804. The second-order valence-corrected chi connectivity index (χ2v) is 4.38. The summed E-state index contributed by atoms with van der Waals surface area (Å²) in [4.78, 5) is 0. The van der Waals surface area contributed by atoms with E-state index in [1.165, 1.54) is 16.7 Å². The van der Waals surface area contributed by atoms with Crippen LogP contribution >= 0.6 is 0 Å². The second kappa shape index (κ2) is 10.3.